The standard InChI is InChI=1S/C21H22O3/c1-21(2,3)17-10-8-14(9-11-17)19-13-16(20(22)23)12-15-6-4-5-7-18(15)24-19/h4-12,19H,13H2,1-3H3,(H,22,23). The molecule has 24 heavy (non-hydrogen) atoms. The van der Waals surface area contributed by atoms with Crippen LogP contribution in [0.2, 0.25) is 0 Å². The second-order valence-corrected chi connectivity index (χ2v) is 7.20. The molecule has 0 saturated heterocycles. The van der Waals surface area contributed by atoms with Crippen LogP contribution in [0.5, 0.6) is 5.75 Å². The first kappa shape index (κ1) is 16.3. The molecule has 1 N–H and O–H groups in total. The van der Waals surface area contributed by atoms with Gasteiger partial charge in [0.15, 0.2) is 0 Å². The van der Waals surface area contributed by atoms with Gasteiger partial charge in [0.25, 0.3) is 0 Å². The summed E-state index contributed by atoms with van der Waals surface area (Å²) in [5.74, 6) is -0.176. The molecule has 2 aromatic rings. The number of benzene rings is 2. The Morgan fingerprint density at radius 1 is 1.08 bits per heavy atom. The van der Waals surface area contributed by atoms with Gasteiger partial charge >= 0.3 is 5.97 Å². The van der Waals surface area contributed by atoms with E-state index in [-0.39, 0.29) is 11.5 Å². The Kier molecular flexibility index (Phi) is 4.18. The van der Waals surface area contributed by atoms with Crippen LogP contribution in [0.1, 0.15) is 50.0 Å². The summed E-state index contributed by atoms with van der Waals surface area (Å²) in [5, 5.41) is 9.48. The molecule has 0 bridgehead atoms. The molecular weight excluding hydrogens is 300 g/mol. The van der Waals surface area contributed by atoms with Crippen molar-refractivity contribution in [1.29, 1.82) is 0 Å². The van der Waals surface area contributed by atoms with Crippen molar-refractivity contribution >= 4 is 12.0 Å². The zero-order chi connectivity index (χ0) is 17.3. The van der Waals surface area contributed by atoms with Crippen LogP contribution < -0.4 is 4.74 Å². The third-order valence-corrected chi connectivity index (χ3v) is 4.35. The summed E-state index contributed by atoms with van der Waals surface area (Å²) in [6.45, 7) is 6.52. The van der Waals surface area contributed by atoms with Crippen molar-refractivity contribution in [1.82, 2.24) is 0 Å². The van der Waals surface area contributed by atoms with Crippen LogP contribution in [0, 0.1) is 0 Å². The van der Waals surface area contributed by atoms with Gasteiger partial charge in [-0.15, -0.1) is 0 Å². The number of hydrogen-bond acceptors (Lipinski definition) is 2. The van der Waals surface area contributed by atoms with Gasteiger partial charge < -0.3 is 9.84 Å². The fraction of sp³-hybridized carbons (Fsp3) is 0.286. The van der Waals surface area contributed by atoms with Gasteiger partial charge in [-0.3, -0.25) is 0 Å². The summed E-state index contributed by atoms with van der Waals surface area (Å²) in [7, 11) is 0. The van der Waals surface area contributed by atoms with Gasteiger partial charge in [-0.05, 0) is 28.7 Å². The van der Waals surface area contributed by atoms with Crippen molar-refractivity contribution in [2.24, 2.45) is 0 Å². The van der Waals surface area contributed by atoms with Crippen LogP contribution in [0.25, 0.3) is 6.08 Å². The molecule has 0 aliphatic carbocycles. The van der Waals surface area contributed by atoms with Crippen LogP contribution in [0.15, 0.2) is 54.1 Å². The van der Waals surface area contributed by atoms with Crippen LogP contribution in [0.4, 0.5) is 0 Å². The quantitative estimate of drug-likeness (QED) is 0.848. The molecule has 1 aliphatic heterocycles. The van der Waals surface area contributed by atoms with Gasteiger partial charge in [0.05, 0.1) is 0 Å². The Morgan fingerprint density at radius 2 is 1.75 bits per heavy atom. The summed E-state index contributed by atoms with van der Waals surface area (Å²) in [5.41, 5.74) is 3.50. The van der Waals surface area contributed by atoms with E-state index in [2.05, 4.69) is 32.9 Å². The van der Waals surface area contributed by atoms with Gasteiger partial charge in [0, 0.05) is 17.6 Å². The topological polar surface area (TPSA) is 46.5 Å². The monoisotopic (exact) mass is 322 g/mol. The predicted octanol–water partition coefficient (Wildman–Crippen LogP) is 4.98. The van der Waals surface area contributed by atoms with Gasteiger partial charge in [0.1, 0.15) is 11.9 Å². The van der Waals surface area contributed by atoms with E-state index < -0.39 is 5.97 Å². The zero-order valence-corrected chi connectivity index (χ0v) is 14.2. The van der Waals surface area contributed by atoms with Crippen molar-refractivity contribution in [3.63, 3.8) is 0 Å². The summed E-state index contributed by atoms with van der Waals surface area (Å²) < 4.78 is 6.13. The summed E-state index contributed by atoms with van der Waals surface area (Å²) in [6, 6.07) is 15.8. The average molecular weight is 322 g/mol. The number of rotatable bonds is 2. The van der Waals surface area contributed by atoms with E-state index in [1.807, 2.05) is 36.4 Å². The normalized spacial score (nSPS) is 17.3. The Labute approximate surface area is 142 Å². The molecule has 0 fully saturated rings. The Balaban J connectivity index is 1.97. The number of carbonyl (C=O) groups is 1. The molecule has 0 radical (unpaired) electrons. The maximum absolute atomic E-state index is 11.6. The van der Waals surface area contributed by atoms with Crippen molar-refractivity contribution in [3.05, 3.63) is 70.8 Å². The molecule has 1 aliphatic rings. The van der Waals surface area contributed by atoms with Crippen molar-refractivity contribution in [3.8, 4) is 5.75 Å². The van der Waals surface area contributed by atoms with Crippen LogP contribution in [-0.2, 0) is 10.2 Å². The number of aliphatic carboxylic acids is 1. The fourth-order valence-corrected chi connectivity index (χ4v) is 2.88. The summed E-state index contributed by atoms with van der Waals surface area (Å²) in [6.07, 6.45) is 1.75. The van der Waals surface area contributed by atoms with Gasteiger partial charge in [-0.2, -0.15) is 0 Å². The van der Waals surface area contributed by atoms with Crippen molar-refractivity contribution in [2.75, 3.05) is 0 Å². The Bertz CT molecular complexity index is 779. The lowest BCUT2D eigenvalue weighted by molar-refractivity contribution is -0.132. The van der Waals surface area contributed by atoms with Crippen molar-refractivity contribution in [2.45, 2.75) is 38.7 Å². The Morgan fingerprint density at radius 3 is 2.38 bits per heavy atom. The molecule has 1 unspecified atom stereocenters. The molecule has 0 aromatic heterocycles. The smallest absolute Gasteiger partial charge is 0.331 e. The first-order chi connectivity index (χ1) is 11.3. The number of ether oxygens (including phenoxy) is 1. The number of carboxylic acids is 1. The maximum atomic E-state index is 11.6. The molecule has 0 spiro atoms. The maximum Gasteiger partial charge on any atom is 0.331 e. The largest absolute Gasteiger partial charge is 0.485 e. The number of carboxylic acid groups (broad SMARTS) is 1. The van der Waals surface area contributed by atoms with E-state index in [9.17, 15) is 9.90 Å². The van der Waals surface area contributed by atoms with Crippen LogP contribution in [0.3, 0.4) is 0 Å². The van der Waals surface area contributed by atoms with E-state index in [0.717, 1.165) is 16.9 Å². The molecule has 3 nitrogen and oxygen atoms in total. The van der Waals surface area contributed by atoms with E-state index in [0.29, 0.717) is 12.0 Å². The highest BCUT2D eigenvalue weighted by Gasteiger charge is 2.24. The van der Waals surface area contributed by atoms with E-state index in [1.165, 1.54) is 5.56 Å². The SMILES string of the molecule is CC(C)(C)c1ccc(C2CC(C(=O)O)=Cc3ccccc3O2)cc1. The number of fused-ring (bicyclic) bond motifs is 1. The molecule has 1 heterocycles. The van der Waals surface area contributed by atoms with E-state index >= 15 is 0 Å². The number of hydrogen-bond donors (Lipinski definition) is 1. The van der Waals surface area contributed by atoms with Crippen LogP contribution in [-0.4, -0.2) is 11.1 Å². The molecule has 3 heteroatoms. The first-order valence-corrected chi connectivity index (χ1v) is 8.14. The third-order valence-electron chi connectivity index (χ3n) is 4.35. The minimum atomic E-state index is -0.897. The van der Waals surface area contributed by atoms with Crippen LogP contribution >= 0.6 is 0 Å². The summed E-state index contributed by atoms with van der Waals surface area (Å²) >= 11 is 0. The minimum absolute atomic E-state index is 0.0849. The van der Waals surface area contributed by atoms with Crippen molar-refractivity contribution < 1.29 is 14.6 Å². The molecular formula is C21H22O3. The minimum Gasteiger partial charge on any atom is -0.485 e. The Hall–Kier alpha value is -2.55. The molecule has 3 rings (SSSR count). The van der Waals surface area contributed by atoms with Gasteiger partial charge in [-0.25, -0.2) is 4.79 Å². The predicted molar refractivity (Wildman–Crippen MR) is 95.2 cm³/mol. The first-order valence-electron chi connectivity index (χ1n) is 8.14. The molecule has 124 valence electrons. The van der Waals surface area contributed by atoms with Gasteiger partial charge in [0.2, 0.25) is 0 Å². The lowest BCUT2D eigenvalue weighted by Gasteiger charge is -2.22. The molecule has 1 atom stereocenters. The second kappa shape index (κ2) is 6.16. The molecule has 0 amide bonds. The second-order valence-electron chi connectivity index (χ2n) is 7.20. The number of para-hydroxylation sites is 1. The lowest BCUT2D eigenvalue weighted by Crippen LogP contribution is -2.13. The molecule has 2 aromatic carbocycles. The highest BCUT2D eigenvalue weighted by atomic mass is 16.5. The van der Waals surface area contributed by atoms with E-state index in [1.54, 1.807) is 6.08 Å². The highest BCUT2D eigenvalue weighted by Crippen LogP contribution is 2.35. The zero-order valence-electron chi connectivity index (χ0n) is 14.2. The average Bonchev–Trinajstić information content (AvgIpc) is 2.74. The third kappa shape index (κ3) is 3.35. The van der Waals surface area contributed by atoms with E-state index in [4.69, 9.17) is 4.74 Å². The highest BCUT2D eigenvalue weighted by molar-refractivity contribution is 5.93. The summed E-state index contributed by atoms with van der Waals surface area (Å²) in [4.78, 5) is 11.6. The lowest BCUT2D eigenvalue weighted by atomic mass is 9.86. The van der Waals surface area contributed by atoms with Gasteiger partial charge in [-0.1, -0.05) is 63.2 Å². The molecule has 0 saturated carbocycles. The fourth-order valence-electron chi connectivity index (χ4n) is 2.88.